The fraction of sp³-hybridized carbons (Fsp3) is 0.211. The summed E-state index contributed by atoms with van der Waals surface area (Å²) in [6.07, 6.45) is 2.48. The third-order valence-corrected chi connectivity index (χ3v) is 3.97. The van der Waals surface area contributed by atoms with E-state index in [1.54, 1.807) is 7.11 Å². The zero-order valence-corrected chi connectivity index (χ0v) is 14.1. The summed E-state index contributed by atoms with van der Waals surface area (Å²) in [5.74, 6) is 0.589. The van der Waals surface area contributed by atoms with Crippen LogP contribution >= 0.6 is 0 Å². The Balaban J connectivity index is 1.84. The number of aromatic nitrogens is 1. The number of nitrogens with one attached hydrogen (secondary N) is 2. The Hall–Kier alpha value is -2.95. The zero-order chi connectivity index (χ0) is 17.1. The van der Waals surface area contributed by atoms with Gasteiger partial charge in [0.15, 0.2) is 0 Å². The van der Waals surface area contributed by atoms with Crippen LogP contribution in [0, 0.1) is 0 Å². The maximum atomic E-state index is 11.6. The molecule has 2 aromatic carbocycles. The normalized spacial score (nSPS) is 10.6. The van der Waals surface area contributed by atoms with Gasteiger partial charge in [0, 0.05) is 48.0 Å². The SMILES string of the molecule is CCC(=O)Nc1ccc(Nc2ccc3c(ccn3C)c2)cc1OC. The lowest BCUT2D eigenvalue weighted by atomic mass is 10.2. The van der Waals surface area contributed by atoms with E-state index in [4.69, 9.17) is 4.74 Å². The summed E-state index contributed by atoms with van der Waals surface area (Å²) in [6.45, 7) is 1.82. The number of fused-ring (bicyclic) bond motifs is 1. The highest BCUT2D eigenvalue weighted by atomic mass is 16.5. The van der Waals surface area contributed by atoms with Crippen LogP contribution in [0.2, 0.25) is 0 Å². The molecule has 3 aromatic rings. The molecule has 0 aliphatic carbocycles. The van der Waals surface area contributed by atoms with Crippen LogP contribution in [-0.4, -0.2) is 17.6 Å². The number of carbonyl (C=O) groups is 1. The van der Waals surface area contributed by atoms with Crippen molar-refractivity contribution in [2.24, 2.45) is 7.05 Å². The number of amides is 1. The molecule has 3 rings (SSSR count). The first-order valence-corrected chi connectivity index (χ1v) is 7.90. The summed E-state index contributed by atoms with van der Waals surface area (Å²) < 4.78 is 7.48. The van der Waals surface area contributed by atoms with Crippen LogP contribution in [0.4, 0.5) is 17.1 Å². The van der Waals surface area contributed by atoms with E-state index in [9.17, 15) is 4.79 Å². The number of nitrogens with zero attached hydrogens (tertiary/aromatic N) is 1. The average Bonchev–Trinajstić information content (AvgIpc) is 2.96. The smallest absolute Gasteiger partial charge is 0.224 e. The van der Waals surface area contributed by atoms with Gasteiger partial charge in [0.25, 0.3) is 0 Å². The van der Waals surface area contributed by atoms with Crippen molar-refractivity contribution >= 4 is 33.9 Å². The van der Waals surface area contributed by atoms with Gasteiger partial charge in [-0.15, -0.1) is 0 Å². The van der Waals surface area contributed by atoms with Crippen molar-refractivity contribution in [2.75, 3.05) is 17.7 Å². The second kappa shape index (κ2) is 6.66. The molecular formula is C19H21N3O2. The molecule has 0 unspecified atom stereocenters. The van der Waals surface area contributed by atoms with Crippen molar-refractivity contribution in [3.05, 3.63) is 48.7 Å². The average molecular weight is 323 g/mol. The molecule has 0 saturated carbocycles. The Morgan fingerprint density at radius 3 is 2.62 bits per heavy atom. The molecule has 0 fully saturated rings. The van der Waals surface area contributed by atoms with Gasteiger partial charge in [-0.25, -0.2) is 0 Å². The van der Waals surface area contributed by atoms with Gasteiger partial charge in [-0.05, 0) is 36.4 Å². The molecule has 5 nitrogen and oxygen atoms in total. The molecule has 0 radical (unpaired) electrons. The number of hydrogen-bond acceptors (Lipinski definition) is 3. The van der Waals surface area contributed by atoms with E-state index in [0.717, 1.165) is 11.4 Å². The number of aryl methyl sites for hydroxylation is 1. The van der Waals surface area contributed by atoms with Crippen molar-refractivity contribution < 1.29 is 9.53 Å². The second-order valence-corrected chi connectivity index (χ2v) is 5.64. The standard InChI is InChI=1S/C19H21N3O2/c1-4-19(23)21-16-7-5-15(12-18(16)24-3)20-14-6-8-17-13(11-14)9-10-22(17)2/h5-12,20H,4H2,1-3H3,(H,21,23). The van der Waals surface area contributed by atoms with Crippen LogP contribution in [-0.2, 0) is 11.8 Å². The predicted octanol–water partition coefficient (Wildman–Crippen LogP) is 4.28. The Morgan fingerprint density at radius 2 is 1.88 bits per heavy atom. The maximum Gasteiger partial charge on any atom is 0.224 e. The lowest BCUT2D eigenvalue weighted by Gasteiger charge is -2.13. The van der Waals surface area contributed by atoms with E-state index >= 15 is 0 Å². The Morgan fingerprint density at radius 1 is 1.12 bits per heavy atom. The fourth-order valence-electron chi connectivity index (χ4n) is 2.64. The third-order valence-electron chi connectivity index (χ3n) is 3.97. The molecule has 24 heavy (non-hydrogen) atoms. The maximum absolute atomic E-state index is 11.6. The van der Waals surface area contributed by atoms with Crippen molar-refractivity contribution in [2.45, 2.75) is 13.3 Å². The van der Waals surface area contributed by atoms with E-state index in [0.29, 0.717) is 17.9 Å². The van der Waals surface area contributed by atoms with Gasteiger partial charge >= 0.3 is 0 Å². The summed E-state index contributed by atoms with van der Waals surface area (Å²) >= 11 is 0. The highest BCUT2D eigenvalue weighted by molar-refractivity contribution is 5.92. The van der Waals surface area contributed by atoms with Crippen molar-refractivity contribution in [1.82, 2.24) is 4.57 Å². The predicted molar refractivity (Wildman–Crippen MR) is 98.1 cm³/mol. The quantitative estimate of drug-likeness (QED) is 0.737. The number of anilines is 3. The van der Waals surface area contributed by atoms with Crippen LogP contribution in [0.15, 0.2) is 48.7 Å². The van der Waals surface area contributed by atoms with Gasteiger partial charge in [-0.2, -0.15) is 0 Å². The number of benzene rings is 2. The molecule has 1 aromatic heterocycles. The van der Waals surface area contributed by atoms with E-state index < -0.39 is 0 Å². The lowest BCUT2D eigenvalue weighted by Crippen LogP contribution is -2.10. The van der Waals surface area contributed by atoms with Crippen molar-refractivity contribution in [3.63, 3.8) is 0 Å². The van der Waals surface area contributed by atoms with Crippen LogP contribution < -0.4 is 15.4 Å². The minimum absolute atomic E-state index is 0.0384. The first kappa shape index (κ1) is 15.9. The van der Waals surface area contributed by atoms with Gasteiger partial charge in [0.2, 0.25) is 5.91 Å². The van der Waals surface area contributed by atoms with E-state index in [1.165, 1.54) is 10.9 Å². The van der Waals surface area contributed by atoms with E-state index in [-0.39, 0.29) is 5.91 Å². The monoisotopic (exact) mass is 323 g/mol. The highest BCUT2D eigenvalue weighted by Gasteiger charge is 2.08. The van der Waals surface area contributed by atoms with Gasteiger partial charge in [-0.3, -0.25) is 4.79 Å². The number of ether oxygens (including phenoxy) is 1. The lowest BCUT2D eigenvalue weighted by molar-refractivity contribution is -0.115. The zero-order valence-electron chi connectivity index (χ0n) is 14.1. The van der Waals surface area contributed by atoms with Crippen LogP contribution in [0.5, 0.6) is 5.75 Å². The molecule has 5 heteroatoms. The molecular weight excluding hydrogens is 302 g/mol. The van der Waals surface area contributed by atoms with Crippen molar-refractivity contribution in [3.8, 4) is 5.75 Å². The Bertz CT molecular complexity index is 883. The Kier molecular flexibility index (Phi) is 4.42. The third kappa shape index (κ3) is 3.20. The summed E-state index contributed by atoms with van der Waals surface area (Å²) in [5.41, 5.74) is 3.77. The topological polar surface area (TPSA) is 55.3 Å². The fourth-order valence-corrected chi connectivity index (χ4v) is 2.64. The van der Waals surface area contributed by atoms with Crippen LogP contribution in [0.25, 0.3) is 10.9 Å². The Labute approximate surface area is 141 Å². The van der Waals surface area contributed by atoms with Crippen molar-refractivity contribution in [1.29, 1.82) is 0 Å². The van der Waals surface area contributed by atoms with Crippen LogP contribution in [0.3, 0.4) is 0 Å². The molecule has 0 bridgehead atoms. The minimum Gasteiger partial charge on any atom is -0.494 e. The van der Waals surface area contributed by atoms with E-state index in [1.807, 2.05) is 44.4 Å². The summed E-state index contributed by atoms with van der Waals surface area (Å²) in [6, 6.07) is 14.0. The molecule has 0 spiro atoms. The van der Waals surface area contributed by atoms with Gasteiger partial charge < -0.3 is 19.9 Å². The molecule has 1 amide bonds. The first-order valence-electron chi connectivity index (χ1n) is 7.90. The second-order valence-electron chi connectivity index (χ2n) is 5.64. The first-order chi connectivity index (χ1) is 11.6. The number of methoxy groups -OCH3 is 1. The molecule has 0 aliphatic rings. The highest BCUT2D eigenvalue weighted by Crippen LogP contribution is 2.30. The summed E-state index contributed by atoms with van der Waals surface area (Å²) in [4.78, 5) is 11.6. The summed E-state index contributed by atoms with van der Waals surface area (Å²) in [5, 5.41) is 7.39. The van der Waals surface area contributed by atoms with Gasteiger partial charge in [0.05, 0.1) is 12.8 Å². The molecule has 2 N–H and O–H groups in total. The molecule has 1 heterocycles. The van der Waals surface area contributed by atoms with Gasteiger partial charge in [0.1, 0.15) is 5.75 Å². The molecule has 0 aliphatic heterocycles. The largest absolute Gasteiger partial charge is 0.494 e. The van der Waals surface area contributed by atoms with E-state index in [2.05, 4.69) is 33.4 Å². The molecule has 0 atom stereocenters. The molecule has 124 valence electrons. The number of hydrogen-bond donors (Lipinski definition) is 2. The molecule has 0 saturated heterocycles. The van der Waals surface area contributed by atoms with Crippen LogP contribution in [0.1, 0.15) is 13.3 Å². The van der Waals surface area contributed by atoms with Gasteiger partial charge in [-0.1, -0.05) is 6.92 Å². The number of carbonyl (C=O) groups excluding carboxylic acids is 1. The minimum atomic E-state index is -0.0384. The summed E-state index contributed by atoms with van der Waals surface area (Å²) in [7, 11) is 3.63. The number of rotatable bonds is 5.